The summed E-state index contributed by atoms with van der Waals surface area (Å²) < 4.78 is 33.4. The fraction of sp³-hybridized carbons (Fsp3) is 0.976. The third kappa shape index (κ3) is 36.4. The summed E-state index contributed by atoms with van der Waals surface area (Å²) in [6.07, 6.45) is 31.4. The van der Waals surface area contributed by atoms with E-state index in [0.717, 1.165) is 70.6 Å². The van der Waals surface area contributed by atoms with E-state index in [0.29, 0.717) is 25.9 Å². The number of hydrogen-bond donors (Lipinski definition) is 4. The van der Waals surface area contributed by atoms with Gasteiger partial charge in [-0.3, -0.25) is 13.8 Å². The molecule has 0 heterocycles. The van der Waals surface area contributed by atoms with Gasteiger partial charge in [-0.25, -0.2) is 4.57 Å². The Morgan fingerprint density at radius 3 is 1.42 bits per heavy atom. The van der Waals surface area contributed by atoms with Crippen LogP contribution in [0.3, 0.4) is 0 Å². The minimum Gasteiger partial charge on any atom is -0.457 e. The lowest BCUT2D eigenvalue weighted by Crippen LogP contribution is -2.28. The summed E-state index contributed by atoms with van der Waals surface area (Å²) in [6.45, 7) is 4.72. The number of aliphatic hydroxyl groups is 2. The third-order valence-corrected chi connectivity index (χ3v) is 10.7. The summed E-state index contributed by atoms with van der Waals surface area (Å²) >= 11 is 0. The molecule has 0 saturated carbocycles. The van der Waals surface area contributed by atoms with Crippen molar-refractivity contribution in [3.8, 4) is 0 Å². The molecule has 52 heavy (non-hydrogen) atoms. The van der Waals surface area contributed by atoms with E-state index in [1.807, 2.05) is 0 Å². The smallest absolute Gasteiger partial charge is 0.457 e. The molecule has 0 aliphatic heterocycles. The summed E-state index contributed by atoms with van der Waals surface area (Å²) in [6, 6.07) is 0. The van der Waals surface area contributed by atoms with Crippen molar-refractivity contribution in [3.63, 3.8) is 0 Å². The van der Waals surface area contributed by atoms with E-state index in [-0.39, 0.29) is 38.8 Å². The van der Waals surface area contributed by atoms with E-state index >= 15 is 0 Å². The number of rotatable bonds is 42. The first kappa shape index (κ1) is 51.4. The van der Waals surface area contributed by atoms with Gasteiger partial charge in [0.15, 0.2) is 0 Å². The summed E-state index contributed by atoms with van der Waals surface area (Å²) in [5, 5.41) is 20.3. The van der Waals surface area contributed by atoms with Crippen molar-refractivity contribution in [1.29, 1.82) is 0 Å². The van der Waals surface area contributed by atoms with Crippen LogP contribution in [0.4, 0.5) is 0 Å². The molecule has 0 bridgehead atoms. The molecular formula is C41H84NO9P. The van der Waals surface area contributed by atoms with Crippen molar-refractivity contribution in [2.45, 2.75) is 225 Å². The van der Waals surface area contributed by atoms with Crippen molar-refractivity contribution in [1.82, 2.24) is 0 Å². The summed E-state index contributed by atoms with van der Waals surface area (Å²) in [5.41, 5.74) is 5.36. The van der Waals surface area contributed by atoms with Crippen LogP contribution in [0.5, 0.6) is 0 Å². The second kappa shape index (κ2) is 38.7. The standard InChI is InChI=1S/C41H84NO9P/c1-3-5-7-9-10-11-12-13-14-15-16-17-18-22-25-29-34-48-36-38(37-50-52(46,47)49-35-33-42)51-41(45)32-28-24-21-19-20-23-27-31-40(44)39(43)30-26-8-6-4-2/h38-40,43-44H,3-37,42H2,1-2H3,(H,46,47). The Morgan fingerprint density at radius 1 is 0.558 bits per heavy atom. The highest BCUT2D eigenvalue weighted by molar-refractivity contribution is 7.47. The molecule has 4 unspecified atom stereocenters. The average molecular weight is 766 g/mol. The van der Waals surface area contributed by atoms with Crippen LogP contribution in [0.2, 0.25) is 0 Å². The number of aliphatic hydroxyl groups excluding tert-OH is 2. The summed E-state index contributed by atoms with van der Waals surface area (Å²) in [4.78, 5) is 22.5. The maximum atomic E-state index is 12.6. The fourth-order valence-electron chi connectivity index (χ4n) is 6.38. The van der Waals surface area contributed by atoms with E-state index in [1.165, 1.54) is 96.3 Å². The molecule has 0 aromatic heterocycles. The van der Waals surface area contributed by atoms with Crippen LogP contribution >= 0.6 is 7.82 Å². The number of unbranched alkanes of at least 4 members (excludes halogenated alkanes) is 24. The number of phosphoric ester groups is 1. The molecule has 5 N–H and O–H groups in total. The highest BCUT2D eigenvalue weighted by Crippen LogP contribution is 2.43. The average Bonchev–Trinajstić information content (AvgIpc) is 3.13. The number of hydrogen-bond acceptors (Lipinski definition) is 9. The van der Waals surface area contributed by atoms with Crippen LogP contribution in [0, 0.1) is 0 Å². The zero-order chi connectivity index (χ0) is 38.4. The van der Waals surface area contributed by atoms with E-state index < -0.39 is 26.1 Å². The molecule has 0 fully saturated rings. The number of ether oxygens (including phenoxy) is 2. The van der Waals surface area contributed by atoms with Crippen molar-refractivity contribution in [2.24, 2.45) is 5.73 Å². The van der Waals surface area contributed by atoms with Gasteiger partial charge in [-0.05, 0) is 25.7 Å². The number of nitrogens with two attached hydrogens (primary N) is 1. The molecule has 0 aromatic rings. The third-order valence-electron chi connectivity index (χ3n) is 9.72. The largest absolute Gasteiger partial charge is 0.472 e. The van der Waals surface area contributed by atoms with Crippen LogP contribution in [0.1, 0.15) is 206 Å². The van der Waals surface area contributed by atoms with Crippen molar-refractivity contribution < 1.29 is 43.0 Å². The van der Waals surface area contributed by atoms with Crippen LogP contribution < -0.4 is 5.73 Å². The lowest BCUT2D eigenvalue weighted by atomic mass is 10.00. The van der Waals surface area contributed by atoms with Crippen molar-refractivity contribution >= 4 is 13.8 Å². The van der Waals surface area contributed by atoms with Gasteiger partial charge in [0.25, 0.3) is 0 Å². The first-order valence-electron chi connectivity index (χ1n) is 21.7. The monoisotopic (exact) mass is 766 g/mol. The van der Waals surface area contributed by atoms with Gasteiger partial charge in [0.05, 0.1) is 32.0 Å². The molecule has 10 nitrogen and oxygen atoms in total. The molecule has 0 aromatic carbocycles. The summed E-state index contributed by atoms with van der Waals surface area (Å²) in [7, 11) is -4.30. The molecule has 0 spiro atoms. The Hall–Kier alpha value is -0.580. The molecule has 0 rings (SSSR count). The number of phosphoric acid groups is 1. The lowest BCUT2D eigenvalue weighted by Gasteiger charge is -2.20. The van der Waals surface area contributed by atoms with Gasteiger partial charge in [-0.2, -0.15) is 0 Å². The zero-order valence-electron chi connectivity index (χ0n) is 33.8. The second-order valence-corrected chi connectivity index (χ2v) is 16.3. The van der Waals surface area contributed by atoms with E-state index in [9.17, 15) is 24.5 Å². The van der Waals surface area contributed by atoms with Crippen molar-refractivity contribution in [2.75, 3.05) is 33.0 Å². The van der Waals surface area contributed by atoms with Gasteiger partial charge < -0.3 is 30.3 Å². The normalized spacial score (nSPS) is 14.7. The van der Waals surface area contributed by atoms with E-state index in [4.69, 9.17) is 24.3 Å². The minimum atomic E-state index is -4.30. The van der Waals surface area contributed by atoms with Crippen LogP contribution in [-0.4, -0.2) is 72.4 Å². The van der Waals surface area contributed by atoms with Crippen LogP contribution in [0.15, 0.2) is 0 Å². The minimum absolute atomic E-state index is 0.0846. The van der Waals surface area contributed by atoms with Gasteiger partial charge in [0, 0.05) is 19.6 Å². The molecule has 0 radical (unpaired) electrons. The molecule has 11 heteroatoms. The quantitative estimate of drug-likeness (QED) is 0.0268. The van der Waals surface area contributed by atoms with Crippen LogP contribution in [0.25, 0.3) is 0 Å². The first-order valence-corrected chi connectivity index (χ1v) is 23.2. The highest BCUT2D eigenvalue weighted by Gasteiger charge is 2.25. The topological polar surface area (TPSA) is 158 Å². The van der Waals surface area contributed by atoms with Crippen molar-refractivity contribution in [3.05, 3.63) is 0 Å². The summed E-state index contributed by atoms with van der Waals surface area (Å²) in [5.74, 6) is -0.377. The van der Waals surface area contributed by atoms with Crippen LogP contribution in [-0.2, 0) is 27.9 Å². The number of carbonyl (C=O) groups excluding carboxylic acids is 1. The predicted molar refractivity (Wildman–Crippen MR) is 213 cm³/mol. The molecular weight excluding hydrogens is 681 g/mol. The molecule has 0 amide bonds. The molecule has 0 saturated heterocycles. The first-order chi connectivity index (χ1) is 25.3. The van der Waals surface area contributed by atoms with Gasteiger partial charge >= 0.3 is 13.8 Å². The number of carbonyl (C=O) groups is 1. The maximum absolute atomic E-state index is 12.6. The van der Waals surface area contributed by atoms with E-state index in [1.54, 1.807) is 0 Å². The molecule has 0 aliphatic rings. The van der Waals surface area contributed by atoms with Gasteiger partial charge in [0.2, 0.25) is 0 Å². The molecule has 312 valence electrons. The molecule has 4 atom stereocenters. The van der Waals surface area contributed by atoms with Gasteiger partial charge in [0.1, 0.15) is 6.10 Å². The maximum Gasteiger partial charge on any atom is 0.472 e. The van der Waals surface area contributed by atoms with Gasteiger partial charge in [-0.1, -0.05) is 174 Å². The Labute approximate surface area is 319 Å². The Kier molecular flexibility index (Phi) is 38.3. The van der Waals surface area contributed by atoms with E-state index in [2.05, 4.69) is 13.8 Å². The Bertz CT molecular complexity index is 806. The zero-order valence-corrected chi connectivity index (χ0v) is 34.7. The molecule has 0 aliphatic carbocycles. The Balaban J connectivity index is 4.08. The fourth-order valence-corrected chi connectivity index (χ4v) is 7.15. The number of esters is 1. The Morgan fingerprint density at radius 2 is 0.962 bits per heavy atom. The predicted octanol–water partition coefficient (Wildman–Crippen LogP) is 10.5. The second-order valence-electron chi connectivity index (χ2n) is 14.9. The lowest BCUT2D eigenvalue weighted by molar-refractivity contribution is -0.154. The van der Waals surface area contributed by atoms with Gasteiger partial charge in [-0.15, -0.1) is 0 Å². The SMILES string of the molecule is CCCCCCCCCCCCCCCCCCOCC(COP(=O)(O)OCCN)OC(=O)CCCCCCCCCC(O)C(O)CCCCCC. The highest BCUT2D eigenvalue weighted by atomic mass is 31.2.